The Labute approximate surface area is 130 Å². The van der Waals surface area contributed by atoms with E-state index in [1.54, 1.807) is 22.6 Å². The molecule has 0 saturated heterocycles. The second-order valence-electron chi connectivity index (χ2n) is 3.72. The van der Waals surface area contributed by atoms with Crippen LogP contribution in [0.1, 0.15) is 4.88 Å². The van der Waals surface area contributed by atoms with Crippen LogP contribution in [0, 0.1) is 0 Å². The molecule has 0 fully saturated rings. The van der Waals surface area contributed by atoms with Gasteiger partial charge in [-0.3, -0.25) is 0 Å². The maximum atomic E-state index is 5.28. The van der Waals surface area contributed by atoms with Crippen LogP contribution in [0.15, 0.2) is 51.4 Å². The van der Waals surface area contributed by atoms with Crippen molar-refractivity contribution in [2.45, 2.75) is 0 Å². The van der Waals surface area contributed by atoms with Crippen molar-refractivity contribution in [3.8, 4) is 0 Å². The normalized spacial score (nSPS) is 10.6. The van der Waals surface area contributed by atoms with E-state index in [4.69, 9.17) is 12.2 Å². The summed E-state index contributed by atoms with van der Waals surface area (Å²) < 4.78 is 1.04. The van der Waals surface area contributed by atoms with Gasteiger partial charge in [0, 0.05) is 22.1 Å². The molecule has 19 heavy (non-hydrogen) atoms. The van der Waals surface area contributed by atoms with E-state index in [1.165, 1.54) is 0 Å². The number of thiocarbonyl (C=S) groups is 1. The van der Waals surface area contributed by atoms with E-state index in [1.807, 2.05) is 48.8 Å². The third kappa shape index (κ3) is 4.41. The van der Waals surface area contributed by atoms with Crippen molar-refractivity contribution in [1.82, 2.24) is 5.01 Å². The van der Waals surface area contributed by atoms with Gasteiger partial charge < -0.3 is 5.32 Å². The highest BCUT2D eigenvalue weighted by molar-refractivity contribution is 9.10. The van der Waals surface area contributed by atoms with Crippen LogP contribution in [-0.2, 0) is 0 Å². The average molecular weight is 354 g/mol. The van der Waals surface area contributed by atoms with Crippen molar-refractivity contribution in [1.29, 1.82) is 0 Å². The number of rotatable bonds is 3. The van der Waals surface area contributed by atoms with Crippen molar-refractivity contribution in [3.05, 3.63) is 51.1 Å². The Morgan fingerprint density at radius 3 is 2.74 bits per heavy atom. The van der Waals surface area contributed by atoms with E-state index >= 15 is 0 Å². The first kappa shape index (κ1) is 14.2. The molecule has 0 amide bonds. The van der Waals surface area contributed by atoms with E-state index in [9.17, 15) is 0 Å². The molecule has 0 saturated carbocycles. The molecule has 2 aromatic rings. The van der Waals surface area contributed by atoms with Gasteiger partial charge in [-0.2, -0.15) is 5.10 Å². The summed E-state index contributed by atoms with van der Waals surface area (Å²) in [5.74, 6) is 0. The third-order valence-electron chi connectivity index (χ3n) is 2.29. The number of anilines is 1. The summed E-state index contributed by atoms with van der Waals surface area (Å²) in [5, 5.41) is 11.6. The number of benzene rings is 1. The number of halogens is 1. The number of hydrogen-bond donors (Lipinski definition) is 1. The van der Waals surface area contributed by atoms with Gasteiger partial charge in [0.05, 0.1) is 6.21 Å². The SMILES string of the molecule is CN(/N=C/c1cccs1)C(=S)Nc1ccc(Br)cc1. The lowest BCUT2D eigenvalue weighted by Gasteiger charge is -2.15. The topological polar surface area (TPSA) is 27.6 Å². The van der Waals surface area contributed by atoms with Gasteiger partial charge in [-0.25, -0.2) is 5.01 Å². The first-order chi connectivity index (χ1) is 9.15. The number of hydrazone groups is 1. The molecule has 0 aliphatic carbocycles. The summed E-state index contributed by atoms with van der Waals surface area (Å²) in [6.07, 6.45) is 1.79. The van der Waals surface area contributed by atoms with E-state index in [0.29, 0.717) is 5.11 Å². The van der Waals surface area contributed by atoms with Gasteiger partial charge in [-0.1, -0.05) is 22.0 Å². The predicted molar refractivity (Wildman–Crippen MR) is 90.0 cm³/mol. The van der Waals surface area contributed by atoms with Crippen LogP contribution in [0.25, 0.3) is 0 Å². The number of nitrogens with zero attached hydrogens (tertiary/aromatic N) is 2. The predicted octanol–water partition coefficient (Wildman–Crippen LogP) is 4.17. The minimum absolute atomic E-state index is 0.551. The quantitative estimate of drug-likeness (QED) is 0.509. The van der Waals surface area contributed by atoms with Crippen LogP contribution in [0.3, 0.4) is 0 Å². The standard InChI is InChI=1S/C13H12BrN3S2/c1-17(15-9-12-3-2-8-19-12)13(18)16-11-6-4-10(14)5-7-11/h2-9H,1H3,(H,16,18)/b15-9+. The number of thiophene rings is 1. The van der Waals surface area contributed by atoms with Crippen LogP contribution in [0.5, 0.6) is 0 Å². The molecule has 1 aromatic carbocycles. The van der Waals surface area contributed by atoms with Crippen LogP contribution in [0.4, 0.5) is 5.69 Å². The Kier molecular flexibility index (Phi) is 5.07. The molecule has 3 nitrogen and oxygen atoms in total. The molecular weight excluding hydrogens is 342 g/mol. The fraction of sp³-hybridized carbons (Fsp3) is 0.0769. The molecule has 0 unspecified atom stereocenters. The minimum Gasteiger partial charge on any atom is -0.331 e. The highest BCUT2D eigenvalue weighted by atomic mass is 79.9. The number of hydrogen-bond acceptors (Lipinski definition) is 3. The Bertz CT molecular complexity index is 564. The van der Waals surface area contributed by atoms with Crippen molar-refractivity contribution < 1.29 is 0 Å². The maximum Gasteiger partial charge on any atom is 0.193 e. The second-order valence-corrected chi connectivity index (χ2v) is 6.00. The van der Waals surface area contributed by atoms with Crippen molar-refractivity contribution in [2.24, 2.45) is 5.10 Å². The van der Waals surface area contributed by atoms with Gasteiger partial charge in [0.15, 0.2) is 5.11 Å². The molecule has 1 aromatic heterocycles. The van der Waals surface area contributed by atoms with Crippen molar-refractivity contribution >= 4 is 56.5 Å². The molecule has 0 aliphatic rings. The molecule has 0 radical (unpaired) electrons. The van der Waals surface area contributed by atoms with Crippen molar-refractivity contribution in [3.63, 3.8) is 0 Å². The minimum atomic E-state index is 0.551. The van der Waals surface area contributed by atoms with Crippen molar-refractivity contribution in [2.75, 3.05) is 12.4 Å². The molecule has 1 N–H and O–H groups in total. The molecule has 0 atom stereocenters. The van der Waals surface area contributed by atoms with Gasteiger partial charge in [-0.05, 0) is 47.9 Å². The Morgan fingerprint density at radius 1 is 1.37 bits per heavy atom. The molecule has 2 rings (SSSR count). The lowest BCUT2D eigenvalue weighted by Crippen LogP contribution is -2.26. The average Bonchev–Trinajstić information content (AvgIpc) is 2.91. The Hall–Kier alpha value is -1.24. The summed E-state index contributed by atoms with van der Waals surface area (Å²) in [6, 6.07) is 11.8. The lowest BCUT2D eigenvalue weighted by atomic mass is 10.3. The van der Waals surface area contributed by atoms with Crippen LogP contribution in [0.2, 0.25) is 0 Å². The maximum absolute atomic E-state index is 5.28. The van der Waals surface area contributed by atoms with Crippen LogP contribution >= 0.6 is 39.5 Å². The molecule has 0 spiro atoms. The lowest BCUT2D eigenvalue weighted by molar-refractivity contribution is 0.557. The fourth-order valence-corrected chi connectivity index (χ4v) is 2.31. The van der Waals surface area contributed by atoms with Gasteiger partial charge in [0.25, 0.3) is 0 Å². The third-order valence-corrected chi connectivity index (χ3v) is 3.99. The van der Waals surface area contributed by atoms with Gasteiger partial charge >= 0.3 is 0 Å². The Balaban J connectivity index is 1.94. The van der Waals surface area contributed by atoms with E-state index in [-0.39, 0.29) is 0 Å². The largest absolute Gasteiger partial charge is 0.331 e. The molecule has 1 heterocycles. The second kappa shape index (κ2) is 6.79. The highest BCUT2D eigenvalue weighted by Gasteiger charge is 2.02. The van der Waals surface area contributed by atoms with Crippen LogP contribution < -0.4 is 5.32 Å². The molecule has 0 bridgehead atoms. The summed E-state index contributed by atoms with van der Waals surface area (Å²) in [4.78, 5) is 1.10. The summed E-state index contributed by atoms with van der Waals surface area (Å²) in [6.45, 7) is 0. The van der Waals surface area contributed by atoms with E-state index in [2.05, 4.69) is 26.3 Å². The zero-order chi connectivity index (χ0) is 13.7. The monoisotopic (exact) mass is 353 g/mol. The molecule has 0 aliphatic heterocycles. The number of nitrogens with one attached hydrogen (secondary N) is 1. The summed E-state index contributed by atoms with van der Waals surface area (Å²) >= 11 is 10.3. The van der Waals surface area contributed by atoms with Crippen LogP contribution in [-0.4, -0.2) is 23.4 Å². The fourth-order valence-electron chi connectivity index (χ4n) is 1.30. The highest BCUT2D eigenvalue weighted by Crippen LogP contribution is 2.14. The zero-order valence-corrected chi connectivity index (χ0v) is 13.4. The molecule has 98 valence electrons. The smallest absolute Gasteiger partial charge is 0.193 e. The van der Waals surface area contributed by atoms with E-state index in [0.717, 1.165) is 15.0 Å². The molecule has 6 heteroatoms. The molecular formula is C13H12BrN3S2. The van der Waals surface area contributed by atoms with Gasteiger partial charge in [-0.15, -0.1) is 11.3 Å². The summed E-state index contributed by atoms with van der Waals surface area (Å²) in [5.41, 5.74) is 0.936. The first-order valence-corrected chi connectivity index (χ1v) is 7.61. The van der Waals surface area contributed by atoms with Gasteiger partial charge in [0.2, 0.25) is 0 Å². The first-order valence-electron chi connectivity index (χ1n) is 5.53. The Morgan fingerprint density at radius 2 is 2.11 bits per heavy atom. The summed E-state index contributed by atoms with van der Waals surface area (Å²) in [7, 11) is 1.82. The zero-order valence-electron chi connectivity index (χ0n) is 10.2. The van der Waals surface area contributed by atoms with Gasteiger partial charge in [0.1, 0.15) is 0 Å². The van der Waals surface area contributed by atoms with E-state index < -0.39 is 0 Å².